The van der Waals surface area contributed by atoms with E-state index in [-0.39, 0.29) is 5.91 Å². The van der Waals surface area contributed by atoms with Gasteiger partial charge < -0.3 is 0 Å². The van der Waals surface area contributed by atoms with Gasteiger partial charge in [-0.05, 0) is 12.5 Å². The lowest BCUT2D eigenvalue weighted by Crippen LogP contribution is -2.22. The Hall–Kier alpha value is -1.36. The minimum atomic E-state index is -0.339. The predicted octanol–water partition coefficient (Wildman–Crippen LogP) is 0.263. The summed E-state index contributed by atoms with van der Waals surface area (Å²) in [6.07, 6.45) is 0.827. The van der Waals surface area contributed by atoms with E-state index < -0.39 is 0 Å². The molecule has 5 nitrogen and oxygen atoms in total. The maximum atomic E-state index is 11.1. The van der Waals surface area contributed by atoms with Gasteiger partial charge in [0.2, 0.25) is 0 Å². The van der Waals surface area contributed by atoms with Gasteiger partial charge >= 0.3 is 0 Å². The van der Waals surface area contributed by atoms with Crippen molar-refractivity contribution in [2.24, 2.45) is 0 Å². The normalized spacial score (nSPS) is 9.83. The molecule has 0 aromatic carbocycles. The Balaban J connectivity index is 2.68. The van der Waals surface area contributed by atoms with Crippen molar-refractivity contribution in [2.75, 3.05) is 7.11 Å². The summed E-state index contributed by atoms with van der Waals surface area (Å²) >= 11 is 0. The molecular weight excluding hydrogens is 158 g/mol. The molecule has 1 rings (SSSR count). The molecule has 1 amide bonds. The summed E-state index contributed by atoms with van der Waals surface area (Å²) in [6.45, 7) is 1.98. The van der Waals surface area contributed by atoms with Crippen LogP contribution in [-0.2, 0) is 11.3 Å². The molecule has 0 aliphatic carbocycles. The highest BCUT2D eigenvalue weighted by Gasteiger charge is 2.08. The fourth-order valence-electron chi connectivity index (χ4n) is 0.804. The van der Waals surface area contributed by atoms with Gasteiger partial charge in [-0.2, -0.15) is 5.10 Å². The second kappa shape index (κ2) is 3.87. The molecule has 0 fully saturated rings. The number of rotatable bonds is 3. The summed E-state index contributed by atoms with van der Waals surface area (Å²) in [6, 6.07) is 1.69. The third kappa shape index (κ3) is 1.82. The van der Waals surface area contributed by atoms with E-state index in [1.807, 2.05) is 6.92 Å². The summed E-state index contributed by atoms with van der Waals surface area (Å²) < 4.78 is 0. The van der Waals surface area contributed by atoms with Crippen molar-refractivity contribution in [3.63, 3.8) is 0 Å². The number of amides is 1. The highest BCUT2D eigenvalue weighted by molar-refractivity contribution is 5.91. The van der Waals surface area contributed by atoms with Crippen molar-refractivity contribution in [3.8, 4) is 0 Å². The van der Waals surface area contributed by atoms with Crippen LogP contribution in [-0.4, -0.2) is 23.2 Å². The smallest absolute Gasteiger partial charge is 0.282 e. The molecule has 1 aromatic heterocycles. The van der Waals surface area contributed by atoms with Crippen LogP contribution < -0.4 is 5.48 Å². The molecule has 2 N–H and O–H groups in total. The van der Waals surface area contributed by atoms with E-state index in [4.69, 9.17) is 0 Å². The Morgan fingerprint density at radius 2 is 2.58 bits per heavy atom. The van der Waals surface area contributed by atoms with E-state index in [1.54, 1.807) is 6.07 Å². The zero-order chi connectivity index (χ0) is 8.97. The number of hydrogen-bond donors (Lipinski definition) is 2. The predicted molar refractivity (Wildman–Crippen MR) is 42.4 cm³/mol. The van der Waals surface area contributed by atoms with Crippen LogP contribution in [0.5, 0.6) is 0 Å². The van der Waals surface area contributed by atoms with Gasteiger partial charge in [0, 0.05) is 5.69 Å². The summed E-state index contributed by atoms with van der Waals surface area (Å²) in [4.78, 5) is 15.5. The number of aryl methyl sites for hydroxylation is 1. The number of aromatic amines is 1. The highest BCUT2D eigenvalue weighted by atomic mass is 16.6. The first kappa shape index (κ1) is 8.73. The van der Waals surface area contributed by atoms with Gasteiger partial charge in [0.05, 0.1) is 7.11 Å². The van der Waals surface area contributed by atoms with Crippen LogP contribution in [0.1, 0.15) is 23.1 Å². The van der Waals surface area contributed by atoms with Crippen molar-refractivity contribution < 1.29 is 9.63 Å². The van der Waals surface area contributed by atoms with Crippen molar-refractivity contribution in [3.05, 3.63) is 17.5 Å². The molecule has 12 heavy (non-hydrogen) atoms. The van der Waals surface area contributed by atoms with E-state index in [2.05, 4.69) is 20.5 Å². The molecule has 0 atom stereocenters. The van der Waals surface area contributed by atoms with Gasteiger partial charge in [-0.3, -0.25) is 14.7 Å². The molecule has 0 saturated heterocycles. The Kier molecular flexibility index (Phi) is 2.82. The zero-order valence-electron chi connectivity index (χ0n) is 7.05. The first-order chi connectivity index (χ1) is 5.77. The van der Waals surface area contributed by atoms with Crippen molar-refractivity contribution in [1.29, 1.82) is 0 Å². The van der Waals surface area contributed by atoms with Crippen molar-refractivity contribution in [2.45, 2.75) is 13.3 Å². The number of carbonyl (C=O) groups excluding carboxylic acids is 1. The lowest BCUT2D eigenvalue weighted by Gasteiger charge is -1.95. The van der Waals surface area contributed by atoms with Crippen LogP contribution in [0, 0.1) is 0 Å². The second-order valence-corrected chi connectivity index (χ2v) is 2.27. The Labute approximate surface area is 70.1 Å². The molecule has 66 valence electrons. The Morgan fingerprint density at radius 3 is 3.08 bits per heavy atom. The summed E-state index contributed by atoms with van der Waals surface area (Å²) in [5.41, 5.74) is 3.45. The van der Waals surface area contributed by atoms with Crippen LogP contribution in [0.15, 0.2) is 6.07 Å². The minimum absolute atomic E-state index is 0.339. The standard InChI is InChI=1S/C7H11N3O2/c1-3-5-4-6(9-8-5)7(11)10-12-2/h4H,3H2,1-2H3,(H,8,9)(H,10,11). The van der Waals surface area contributed by atoms with E-state index >= 15 is 0 Å². The van der Waals surface area contributed by atoms with E-state index in [0.717, 1.165) is 12.1 Å². The quantitative estimate of drug-likeness (QED) is 0.638. The van der Waals surface area contributed by atoms with E-state index in [0.29, 0.717) is 5.69 Å². The SMILES string of the molecule is CCc1cc(C(=O)NOC)n[nH]1. The molecule has 0 unspecified atom stereocenters. The Morgan fingerprint density at radius 1 is 1.83 bits per heavy atom. The number of H-pyrrole nitrogens is 1. The highest BCUT2D eigenvalue weighted by Crippen LogP contribution is 1.99. The molecule has 5 heteroatoms. The number of aromatic nitrogens is 2. The Bertz CT molecular complexity index is 269. The summed E-state index contributed by atoms with van der Waals surface area (Å²) in [5, 5.41) is 6.52. The van der Waals surface area contributed by atoms with Gasteiger partial charge in [0.15, 0.2) is 5.69 Å². The van der Waals surface area contributed by atoms with Gasteiger partial charge in [-0.1, -0.05) is 6.92 Å². The number of carbonyl (C=O) groups is 1. The number of hydrogen-bond acceptors (Lipinski definition) is 3. The molecule has 0 bridgehead atoms. The van der Waals surface area contributed by atoms with Crippen LogP contribution in [0.3, 0.4) is 0 Å². The summed E-state index contributed by atoms with van der Waals surface area (Å²) in [7, 11) is 1.38. The maximum absolute atomic E-state index is 11.1. The molecular formula is C7H11N3O2. The molecule has 0 aliphatic heterocycles. The molecule has 0 spiro atoms. The average molecular weight is 169 g/mol. The van der Waals surface area contributed by atoms with Gasteiger partial charge in [0.25, 0.3) is 5.91 Å². The van der Waals surface area contributed by atoms with Crippen molar-refractivity contribution >= 4 is 5.91 Å². The molecule has 0 radical (unpaired) electrons. The minimum Gasteiger partial charge on any atom is -0.282 e. The maximum Gasteiger partial charge on any atom is 0.295 e. The number of nitrogens with one attached hydrogen (secondary N) is 2. The topological polar surface area (TPSA) is 67.0 Å². The third-order valence-corrected chi connectivity index (χ3v) is 1.44. The largest absolute Gasteiger partial charge is 0.295 e. The second-order valence-electron chi connectivity index (χ2n) is 2.27. The number of nitrogens with zero attached hydrogens (tertiary/aromatic N) is 1. The monoisotopic (exact) mass is 169 g/mol. The van der Waals surface area contributed by atoms with Crippen LogP contribution in [0.2, 0.25) is 0 Å². The fraction of sp³-hybridized carbons (Fsp3) is 0.429. The first-order valence-electron chi connectivity index (χ1n) is 3.65. The van der Waals surface area contributed by atoms with Crippen LogP contribution in [0.4, 0.5) is 0 Å². The molecule has 0 saturated carbocycles. The van der Waals surface area contributed by atoms with Crippen molar-refractivity contribution in [1.82, 2.24) is 15.7 Å². The fourth-order valence-corrected chi connectivity index (χ4v) is 0.804. The third-order valence-electron chi connectivity index (χ3n) is 1.44. The van der Waals surface area contributed by atoms with Crippen LogP contribution in [0.25, 0.3) is 0 Å². The molecule has 1 heterocycles. The van der Waals surface area contributed by atoms with E-state index in [9.17, 15) is 4.79 Å². The van der Waals surface area contributed by atoms with Gasteiger partial charge in [-0.25, -0.2) is 5.48 Å². The lowest BCUT2D eigenvalue weighted by atomic mass is 10.3. The first-order valence-corrected chi connectivity index (χ1v) is 3.65. The number of hydroxylamine groups is 1. The van der Waals surface area contributed by atoms with Gasteiger partial charge in [0.1, 0.15) is 0 Å². The summed E-state index contributed by atoms with van der Waals surface area (Å²) in [5.74, 6) is -0.339. The lowest BCUT2D eigenvalue weighted by molar-refractivity contribution is 0.0532. The average Bonchev–Trinajstić information content (AvgIpc) is 2.52. The molecule has 1 aromatic rings. The zero-order valence-corrected chi connectivity index (χ0v) is 7.05. The molecule has 0 aliphatic rings. The van der Waals surface area contributed by atoms with E-state index in [1.165, 1.54) is 7.11 Å². The van der Waals surface area contributed by atoms with Gasteiger partial charge in [-0.15, -0.1) is 0 Å². The van der Waals surface area contributed by atoms with Crippen LogP contribution >= 0.6 is 0 Å².